The minimum atomic E-state index is -0.359. The van der Waals surface area contributed by atoms with E-state index in [2.05, 4.69) is 0 Å². The van der Waals surface area contributed by atoms with Gasteiger partial charge < -0.3 is 4.79 Å². The van der Waals surface area contributed by atoms with Gasteiger partial charge in [-0.3, -0.25) is 9.59 Å². The molecule has 0 spiro atoms. The van der Waals surface area contributed by atoms with Gasteiger partial charge in [-0.15, -0.1) is 11.3 Å². The SMILES string of the molecule is Cc1ccc(C(=O)C(=O)C2CCC(C=O)CC2)s1. The maximum atomic E-state index is 12.1. The predicted molar refractivity (Wildman–Crippen MR) is 69.9 cm³/mol. The second-order valence-corrected chi connectivity index (χ2v) is 6.14. The van der Waals surface area contributed by atoms with Gasteiger partial charge in [-0.1, -0.05) is 0 Å². The highest BCUT2D eigenvalue weighted by Crippen LogP contribution is 2.29. The van der Waals surface area contributed by atoms with E-state index in [1.165, 1.54) is 11.3 Å². The van der Waals surface area contributed by atoms with Crippen LogP contribution in [0, 0.1) is 18.8 Å². The minimum absolute atomic E-state index is 0.0770. The fourth-order valence-electron chi connectivity index (χ4n) is 2.38. The molecular formula is C14H16O3S. The first kappa shape index (κ1) is 13.1. The summed E-state index contributed by atoms with van der Waals surface area (Å²) in [5.74, 6) is -0.743. The van der Waals surface area contributed by atoms with Crippen LogP contribution in [0.1, 0.15) is 40.2 Å². The first-order chi connectivity index (χ1) is 8.61. The number of carbonyl (C=O) groups is 3. The van der Waals surface area contributed by atoms with Crippen molar-refractivity contribution in [1.82, 2.24) is 0 Å². The third kappa shape index (κ3) is 2.75. The van der Waals surface area contributed by atoms with Gasteiger partial charge in [0.15, 0.2) is 0 Å². The van der Waals surface area contributed by atoms with E-state index in [0.717, 1.165) is 24.0 Å². The molecule has 1 saturated carbocycles. The number of hydrogen-bond acceptors (Lipinski definition) is 4. The van der Waals surface area contributed by atoms with Crippen molar-refractivity contribution in [2.24, 2.45) is 11.8 Å². The van der Waals surface area contributed by atoms with Crippen LogP contribution in [0.2, 0.25) is 0 Å². The molecule has 1 aliphatic rings. The Morgan fingerprint density at radius 1 is 1.22 bits per heavy atom. The first-order valence-corrected chi connectivity index (χ1v) is 7.03. The van der Waals surface area contributed by atoms with Gasteiger partial charge in [0.25, 0.3) is 0 Å². The van der Waals surface area contributed by atoms with Crippen LogP contribution in [0.25, 0.3) is 0 Å². The molecule has 0 saturated heterocycles. The number of thiophene rings is 1. The largest absolute Gasteiger partial charge is 0.303 e. The topological polar surface area (TPSA) is 51.2 Å². The van der Waals surface area contributed by atoms with Crippen molar-refractivity contribution in [2.75, 3.05) is 0 Å². The highest BCUT2D eigenvalue weighted by atomic mass is 32.1. The molecule has 18 heavy (non-hydrogen) atoms. The van der Waals surface area contributed by atoms with Crippen LogP contribution < -0.4 is 0 Å². The van der Waals surface area contributed by atoms with Crippen LogP contribution in [0.5, 0.6) is 0 Å². The molecule has 0 bridgehead atoms. The Morgan fingerprint density at radius 3 is 2.39 bits per heavy atom. The predicted octanol–water partition coefficient (Wildman–Crippen LogP) is 2.81. The van der Waals surface area contributed by atoms with Crippen LogP contribution >= 0.6 is 11.3 Å². The normalized spacial score (nSPS) is 23.6. The maximum absolute atomic E-state index is 12.1. The number of aldehydes is 1. The molecule has 0 radical (unpaired) electrons. The summed E-state index contributed by atoms with van der Waals surface area (Å²) in [6.45, 7) is 1.92. The maximum Gasteiger partial charge on any atom is 0.238 e. The second kappa shape index (κ2) is 5.57. The van der Waals surface area contributed by atoms with E-state index >= 15 is 0 Å². The summed E-state index contributed by atoms with van der Waals surface area (Å²) < 4.78 is 0. The van der Waals surface area contributed by atoms with Gasteiger partial charge in [-0.05, 0) is 44.7 Å². The van der Waals surface area contributed by atoms with E-state index in [1.807, 2.05) is 13.0 Å². The monoisotopic (exact) mass is 264 g/mol. The van der Waals surface area contributed by atoms with Crippen molar-refractivity contribution < 1.29 is 14.4 Å². The molecule has 0 aliphatic heterocycles. The smallest absolute Gasteiger partial charge is 0.238 e. The summed E-state index contributed by atoms with van der Waals surface area (Å²) in [6.07, 6.45) is 3.76. The van der Waals surface area contributed by atoms with Gasteiger partial charge in [0.1, 0.15) is 6.29 Å². The van der Waals surface area contributed by atoms with E-state index in [0.29, 0.717) is 17.7 Å². The van der Waals surface area contributed by atoms with Gasteiger partial charge in [-0.25, -0.2) is 0 Å². The molecule has 1 heterocycles. The average molecular weight is 264 g/mol. The van der Waals surface area contributed by atoms with Crippen molar-refractivity contribution in [3.8, 4) is 0 Å². The van der Waals surface area contributed by atoms with Gasteiger partial charge in [0, 0.05) is 16.7 Å². The van der Waals surface area contributed by atoms with Crippen molar-refractivity contribution in [2.45, 2.75) is 32.6 Å². The zero-order chi connectivity index (χ0) is 13.1. The second-order valence-electron chi connectivity index (χ2n) is 4.85. The quantitative estimate of drug-likeness (QED) is 0.477. The third-order valence-electron chi connectivity index (χ3n) is 3.52. The molecule has 1 aromatic rings. The Hall–Kier alpha value is -1.29. The van der Waals surface area contributed by atoms with Crippen LogP contribution in [-0.4, -0.2) is 17.9 Å². The zero-order valence-corrected chi connectivity index (χ0v) is 11.2. The lowest BCUT2D eigenvalue weighted by Gasteiger charge is -2.23. The molecule has 0 aromatic carbocycles. The Morgan fingerprint density at radius 2 is 1.89 bits per heavy atom. The van der Waals surface area contributed by atoms with Crippen molar-refractivity contribution in [3.05, 3.63) is 21.9 Å². The number of aryl methyl sites for hydroxylation is 1. The van der Waals surface area contributed by atoms with Crippen LogP contribution in [-0.2, 0) is 9.59 Å². The molecule has 2 rings (SSSR count). The minimum Gasteiger partial charge on any atom is -0.303 e. The molecule has 0 N–H and O–H groups in total. The molecule has 96 valence electrons. The number of rotatable bonds is 4. The lowest BCUT2D eigenvalue weighted by atomic mass is 9.79. The van der Waals surface area contributed by atoms with E-state index in [1.54, 1.807) is 6.07 Å². The van der Waals surface area contributed by atoms with Crippen molar-refractivity contribution in [3.63, 3.8) is 0 Å². The Labute approximate surface area is 110 Å². The molecule has 3 nitrogen and oxygen atoms in total. The van der Waals surface area contributed by atoms with Gasteiger partial charge in [0.05, 0.1) is 4.88 Å². The van der Waals surface area contributed by atoms with E-state index < -0.39 is 0 Å². The van der Waals surface area contributed by atoms with Crippen molar-refractivity contribution >= 4 is 29.2 Å². The van der Waals surface area contributed by atoms with Crippen LogP contribution in [0.4, 0.5) is 0 Å². The summed E-state index contributed by atoms with van der Waals surface area (Å²) in [4.78, 5) is 36.3. The number of ketones is 2. The third-order valence-corrected chi connectivity index (χ3v) is 4.52. The number of hydrogen-bond donors (Lipinski definition) is 0. The highest BCUT2D eigenvalue weighted by molar-refractivity contribution is 7.14. The van der Waals surface area contributed by atoms with E-state index in [4.69, 9.17) is 0 Å². The van der Waals surface area contributed by atoms with Crippen LogP contribution in [0.15, 0.2) is 12.1 Å². The summed E-state index contributed by atoms with van der Waals surface area (Å²) in [5, 5.41) is 0. The number of Topliss-reactive ketones (excluding diaryl/α,β-unsaturated/α-hetero) is 2. The molecule has 4 heteroatoms. The summed E-state index contributed by atoms with van der Waals surface area (Å²) in [5.41, 5.74) is 0. The zero-order valence-electron chi connectivity index (χ0n) is 10.3. The summed E-state index contributed by atoms with van der Waals surface area (Å²) >= 11 is 1.37. The molecule has 0 amide bonds. The van der Waals surface area contributed by atoms with E-state index in [9.17, 15) is 14.4 Å². The lowest BCUT2D eigenvalue weighted by molar-refractivity contribution is -0.121. The van der Waals surface area contributed by atoms with Crippen LogP contribution in [0.3, 0.4) is 0 Å². The average Bonchev–Trinajstić information content (AvgIpc) is 2.84. The lowest BCUT2D eigenvalue weighted by Crippen LogP contribution is -2.27. The Balaban J connectivity index is 2.00. The number of carbonyl (C=O) groups excluding carboxylic acids is 3. The summed E-state index contributed by atoms with van der Waals surface area (Å²) in [6, 6.07) is 3.58. The van der Waals surface area contributed by atoms with Gasteiger partial charge in [-0.2, -0.15) is 0 Å². The Kier molecular flexibility index (Phi) is 4.07. The standard InChI is InChI=1S/C14H16O3S/c1-9-2-7-12(18-9)14(17)13(16)11-5-3-10(8-15)4-6-11/h2,7-8,10-11H,3-6H2,1H3. The molecule has 1 aromatic heterocycles. The Bertz CT molecular complexity index is 467. The van der Waals surface area contributed by atoms with Gasteiger partial charge in [0.2, 0.25) is 11.6 Å². The fraction of sp³-hybridized carbons (Fsp3) is 0.500. The van der Waals surface area contributed by atoms with Crippen molar-refractivity contribution in [1.29, 1.82) is 0 Å². The van der Waals surface area contributed by atoms with E-state index in [-0.39, 0.29) is 23.4 Å². The molecule has 1 fully saturated rings. The summed E-state index contributed by atoms with van der Waals surface area (Å²) in [7, 11) is 0. The van der Waals surface area contributed by atoms with Gasteiger partial charge >= 0.3 is 0 Å². The molecular weight excluding hydrogens is 248 g/mol. The highest BCUT2D eigenvalue weighted by Gasteiger charge is 2.30. The molecule has 1 aliphatic carbocycles. The first-order valence-electron chi connectivity index (χ1n) is 6.22. The fourth-order valence-corrected chi connectivity index (χ4v) is 3.19. The molecule has 0 unspecified atom stereocenters. The molecule has 0 atom stereocenters.